The second kappa shape index (κ2) is 11.4. The summed E-state index contributed by atoms with van der Waals surface area (Å²) in [5.41, 5.74) is 0. The second-order valence-corrected chi connectivity index (χ2v) is 6.45. The topological polar surface area (TPSA) is 63.2 Å². The van der Waals surface area contributed by atoms with Crippen LogP contribution in [0, 0.1) is 0 Å². The van der Waals surface area contributed by atoms with Crippen LogP contribution >= 0.6 is 0 Å². The van der Waals surface area contributed by atoms with Crippen molar-refractivity contribution in [2.45, 2.75) is 46.6 Å². The first-order valence-corrected chi connectivity index (χ1v) is 8.81. The van der Waals surface area contributed by atoms with Gasteiger partial charge in [0, 0.05) is 32.3 Å². The monoisotopic (exact) mass is 294 g/mol. The molecule has 0 unspecified atom stereocenters. The normalized spacial score (nSPS) is 11.6. The summed E-state index contributed by atoms with van der Waals surface area (Å²) in [6.45, 7) is 9.43. The van der Waals surface area contributed by atoms with Gasteiger partial charge >= 0.3 is 14.8 Å². The van der Waals surface area contributed by atoms with Crippen LogP contribution in [0.4, 0.5) is 0 Å². The first kappa shape index (κ1) is 18.5. The van der Waals surface area contributed by atoms with Crippen molar-refractivity contribution in [1.29, 1.82) is 0 Å². The molecule has 0 spiro atoms. The molecule has 0 saturated carbocycles. The van der Waals surface area contributed by atoms with E-state index >= 15 is 0 Å². The molecule has 114 valence electrons. The van der Waals surface area contributed by atoms with Crippen LogP contribution < -0.4 is 0 Å². The minimum atomic E-state index is -2.60. The zero-order valence-corrected chi connectivity index (χ0v) is 13.4. The molecular formula is C12H26O6Si. The third-order valence-electron chi connectivity index (χ3n) is 2.24. The lowest BCUT2D eigenvalue weighted by atomic mass is 10.5. The molecule has 0 saturated heterocycles. The van der Waals surface area contributed by atoms with Crippen molar-refractivity contribution < 1.29 is 27.8 Å². The summed E-state index contributed by atoms with van der Waals surface area (Å²) in [5.74, 6) is -0.372. The number of rotatable bonds is 12. The Morgan fingerprint density at radius 3 is 1.89 bits per heavy atom. The van der Waals surface area contributed by atoms with Crippen molar-refractivity contribution in [3.8, 4) is 0 Å². The Labute approximate surface area is 116 Å². The molecule has 0 aromatic heterocycles. The summed E-state index contributed by atoms with van der Waals surface area (Å²) in [6.07, 6.45) is 0.957. The summed E-state index contributed by atoms with van der Waals surface area (Å²) >= 11 is 0. The second-order valence-electron chi connectivity index (χ2n) is 3.72. The zero-order valence-electron chi connectivity index (χ0n) is 12.4. The van der Waals surface area contributed by atoms with E-state index in [0.717, 1.165) is 0 Å². The summed E-state index contributed by atoms with van der Waals surface area (Å²) in [4.78, 5) is 20.2. The van der Waals surface area contributed by atoms with Gasteiger partial charge in [-0.15, -0.1) is 0 Å². The van der Waals surface area contributed by atoms with Gasteiger partial charge in [-0.1, -0.05) is 6.92 Å². The van der Waals surface area contributed by atoms with Gasteiger partial charge in [-0.3, -0.25) is 4.89 Å². The summed E-state index contributed by atoms with van der Waals surface area (Å²) in [6, 6.07) is 0.645. The van der Waals surface area contributed by atoms with E-state index in [1.165, 1.54) is 0 Å². The van der Waals surface area contributed by atoms with E-state index in [1.807, 2.05) is 20.8 Å². The van der Waals surface area contributed by atoms with Crippen molar-refractivity contribution >= 4 is 14.8 Å². The number of hydrogen-bond acceptors (Lipinski definition) is 6. The molecular weight excluding hydrogens is 268 g/mol. The SMILES string of the molecule is CCO[Si](CCCOOC(=O)CC)(OCC)OCC. The van der Waals surface area contributed by atoms with Crippen molar-refractivity contribution in [1.82, 2.24) is 0 Å². The average molecular weight is 294 g/mol. The van der Waals surface area contributed by atoms with Gasteiger partial charge in [0.1, 0.15) is 0 Å². The lowest BCUT2D eigenvalue weighted by Gasteiger charge is -2.28. The van der Waals surface area contributed by atoms with Gasteiger partial charge < -0.3 is 13.3 Å². The molecule has 0 aromatic rings. The van der Waals surface area contributed by atoms with E-state index in [0.29, 0.717) is 45.3 Å². The molecule has 0 aliphatic carbocycles. The van der Waals surface area contributed by atoms with Crippen LogP contribution in [-0.4, -0.2) is 41.2 Å². The minimum absolute atomic E-state index is 0.301. The summed E-state index contributed by atoms with van der Waals surface area (Å²) in [5, 5.41) is 0. The number of carbonyl (C=O) groups excluding carboxylic acids is 1. The highest BCUT2D eigenvalue weighted by Crippen LogP contribution is 2.18. The van der Waals surface area contributed by atoms with Crippen LogP contribution in [0.2, 0.25) is 6.04 Å². The van der Waals surface area contributed by atoms with E-state index in [9.17, 15) is 4.79 Å². The first-order chi connectivity index (χ1) is 9.14. The third kappa shape index (κ3) is 8.33. The third-order valence-corrected chi connectivity index (χ3v) is 5.40. The molecule has 0 fully saturated rings. The molecule has 7 heteroatoms. The van der Waals surface area contributed by atoms with Gasteiger partial charge in [0.25, 0.3) is 0 Å². The molecule has 0 N–H and O–H groups in total. The lowest BCUT2D eigenvalue weighted by Crippen LogP contribution is -2.46. The van der Waals surface area contributed by atoms with Gasteiger partial charge in [0.2, 0.25) is 0 Å². The van der Waals surface area contributed by atoms with Crippen molar-refractivity contribution in [3.63, 3.8) is 0 Å². The van der Waals surface area contributed by atoms with Crippen molar-refractivity contribution in [2.24, 2.45) is 0 Å². The van der Waals surface area contributed by atoms with Crippen LogP contribution in [0.15, 0.2) is 0 Å². The Balaban J connectivity index is 4.06. The maximum absolute atomic E-state index is 10.9. The van der Waals surface area contributed by atoms with E-state index in [-0.39, 0.29) is 5.97 Å². The predicted molar refractivity (Wildman–Crippen MR) is 72.4 cm³/mol. The van der Waals surface area contributed by atoms with Crippen molar-refractivity contribution in [3.05, 3.63) is 0 Å². The van der Waals surface area contributed by atoms with Crippen LogP contribution in [0.3, 0.4) is 0 Å². The highest BCUT2D eigenvalue weighted by atomic mass is 28.4. The summed E-state index contributed by atoms with van der Waals surface area (Å²) < 4.78 is 17.1. The van der Waals surface area contributed by atoms with Crippen molar-refractivity contribution in [2.75, 3.05) is 26.4 Å². The fraction of sp³-hybridized carbons (Fsp3) is 0.917. The largest absolute Gasteiger partial charge is 0.501 e. The quantitative estimate of drug-likeness (QED) is 0.238. The smallest absolute Gasteiger partial charge is 0.374 e. The fourth-order valence-electron chi connectivity index (χ4n) is 1.52. The molecule has 0 aliphatic heterocycles. The van der Waals surface area contributed by atoms with Gasteiger partial charge in [-0.2, -0.15) is 4.89 Å². The Morgan fingerprint density at radius 1 is 0.947 bits per heavy atom. The van der Waals surface area contributed by atoms with Gasteiger partial charge in [-0.25, -0.2) is 4.79 Å². The molecule has 0 atom stereocenters. The maximum Gasteiger partial charge on any atom is 0.501 e. The lowest BCUT2D eigenvalue weighted by molar-refractivity contribution is -0.272. The van der Waals surface area contributed by atoms with Gasteiger partial charge in [-0.05, 0) is 27.2 Å². The molecule has 0 aromatic carbocycles. The Hall–Kier alpha value is -0.473. The van der Waals surface area contributed by atoms with E-state index in [1.54, 1.807) is 6.92 Å². The van der Waals surface area contributed by atoms with Crippen LogP contribution in [0.25, 0.3) is 0 Å². The Bertz CT molecular complexity index is 219. The van der Waals surface area contributed by atoms with Gasteiger partial charge in [0.05, 0.1) is 6.61 Å². The molecule has 0 aliphatic rings. The fourth-order valence-corrected chi connectivity index (χ4v) is 4.10. The van der Waals surface area contributed by atoms with E-state index in [4.69, 9.17) is 18.2 Å². The molecule has 0 bridgehead atoms. The molecule has 19 heavy (non-hydrogen) atoms. The maximum atomic E-state index is 10.9. The van der Waals surface area contributed by atoms with Crippen LogP contribution in [0.5, 0.6) is 0 Å². The Morgan fingerprint density at radius 2 is 1.47 bits per heavy atom. The van der Waals surface area contributed by atoms with Crippen LogP contribution in [-0.2, 0) is 27.8 Å². The predicted octanol–water partition coefficient (Wildman–Crippen LogP) is 2.31. The van der Waals surface area contributed by atoms with E-state index in [2.05, 4.69) is 4.89 Å². The molecule has 0 heterocycles. The molecule has 0 radical (unpaired) electrons. The molecule has 0 amide bonds. The number of carbonyl (C=O) groups is 1. The Kier molecular flexibility index (Phi) is 11.1. The highest BCUT2D eigenvalue weighted by molar-refractivity contribution is 6.60. The highest BCUT2D eigenvalue weighted by Gasteiger charge is 2.39. The number of hydrogen-bond donors (Lipinski definition) is 0. The summed E-state index contributed by atoms with van der Waals surface area (Å²) in [7, 11) is -2.60. The molecule has 0 rings (SSSR count). The van der Waals surface area contributed by atoms with E-state index < -0.39 is 8.80 Å². The van der Waals surface area contributed by atoms with Gasteiger partial charge in [0.15, 0.2) is 0 Å². The first-order valence-electron chi connectivity index (χ1n) is 6.88. The average Bonchev–Trinajstić information content (AvgIpc) is 2.39. The van der Waals surface area contributed by atoms with Crippen LogP contribution in [0.1, 0.15) is 40.5 Å². The zero-order chi connectivity index (χ0) is 14.6. The molecule has 6 nitrogen and oxygen atoms in total. The standard InChI is InChI=1S/C12H26O6Si/c1-5-12(13)18-14-10-9-11-19(15-6-2,16-7-3)17-8-4/h5-11H2,1-4H3. The minimum Gasteiger partial charge on any atom is -0.374 e.